The van der Waals surface area contributed by atoms with Gasteiger partial charge in [-0.05, 0) is 49.7 Å². The number of hydrogen-bond acceptors (Lipinski definition) is 6. The molecule has 6 nitrogen and oxygen atoms in total. The Morgan fingerprint density at radius 3 is 2.79 bits per heavy atom. The SMILES string of the molecule is COC(=O)/C=C1/S/C(=N\N=Cc2c(Br)cc(F)c(Br)c2F)NC1=O. The minimum Gasteiger partial charge on any atom is -0.466 e. The lowest BCUT2D eigenvalue weighted by molar-refractivity contribution is -0.135. The van der Waals surface area contributed by atoms with Crippen LogP contribution in [0.4, 0.5) is 8.78 Å². The average molecular weight is 483 g/mol. The Labute approximate surface area is 155 Å². The van der Waals surface area contributed by atoms with E-state index in [9.17, 15) is 18.4 Å². The molecule has 2 rings (SSSR count). The first-order chi connectivity index (χ1) is 11.3. The molecule has 0 radical (unpaired) electrons. The second kappa shape index (κ2) is 7.99. The zero-order chi connectivity index (χ0) is 17.9. The molecule has 0 spiro atoms. The van der Waals surface area contributed by atoms with Gasteiger partial charge in [-0.15, -0.1) is 5.10 Å². The molecule has 1 N–H and O–H groups in total. The molecule has 24 heavy (non-hydrogen) atoms. The Balaban J connectivity index is 2.19. The zero-order valence-electron chi connectivity index (χ0n) is 11.8. The van der Waals surface area contributed by atoms with E-state index in [1.807, 2.05) is 0 Å². The van der Waals surface area contributed by atoms with Gasteiger partial charge < -0.3 is 4.74 Å². The lowest BCUT2D eigenvalue weighted by atomic mass is 10.2. The molecular formula is C13H7Br2F2N3O3S. The highest BCUT2D eigenvalue weighted by molar-refractivity contribution is 9.11. The van der Waals surface area contributed by atoms with Crippen molar-refractivity contribution in [2.24, 2.45) is 10.2 Å². The van der Waals surface area contributed by atoms with Gasteiger partial charge in [-0.3, -0.25) is 10.1 Å². The average Bonchev–Trinajstić information content (AvgIpc) is 2.88. The monoisotopic (exact) mass is 481 g/mol. The summed E-state index contributed by atoms with van der Waals surface area (Å²) in [6.07, 6.45) is 2.07. The highest BCUT2D eigenvalue weighted by atomic mass is 79.9. The van der Waals surface area contributed by atoms with Gasteiger partial charge in [0.15, 0.2) is 5.17 Å². The molecule has 0 bridgehead atoms. The lowest BCUT2D eigenvalue weighted by Crippen LogP contribution is -2.19. The summed E-state index contributed by atoms with van der Waals surface area (Å²) in [4.78, 5) is 22.8. The standard InChI is InChI=1S/C13H7Br2F2N3O3S/c1-23-9(21)3-8-12(22)19-13(24-8)20-18-4-5-6(14)2-7(16)10(15)11(5)17/h2-4H,1H3,(H,19,20,22)/b8-3+,18-4?. The molecule has 1 fully saturated rings. The normalized spacial score (nSPS) is 17.8. The molecular weight excluding hydrogens is 476 g/mol. The van der Waals surface area contributed by atoms with Crippen molar-refractivity contribution in [2.75, 3.05) is 7.11 Å². The fourth-order valence-corrected chi connectivity index (χ4v) is 3.02. The number of amides is 1. The molecule has 0 aliphatic carbocycles. The molecule has 1 heterocycles. The predicted molar refractivity (Wildman–Crippen MR) is 92.6 cm³/mol. The summed E-state index contributed by atoms with van der Waals surface area (Å²) < 4.78 is 31.5. The molecule has 1 aliphatic rings. The van der Waals surface area contributed by atoms with Crippen LogP contribution in [0.1, 0.15) is 5.56 Å². The maximum atomic E-state index is 13.9. The number of thioether (sulfide) groups is 1. The van der Waals surface area contributed by atoms with Crippen LogP contribution in [0.2, 0.25) is 0 Å². The van der Waals surface area contributed by atoms with E-state index in [-0.39, 0.29) is 24.6 Å². The third-order valence-corrected chi connectivity index (χ3v) is 4.87. The fourth-order valence-electron chi connectivity index (χ4n) is 1.48. The molecule has 0 aromatic heterocycles. The molecule has 1 saturated heterocycles. The highest BCUT2D eigenvalue weighted by Gasteiger charge is 2.25. The van der Waals surface area contributed by atoms with Crippen molar-refractivity contribution in [1.82, 2.24) is 5.32 Å². The summed E-state index contributed by atoms with van der Waals surface area (Å²) in [5.74, 6) is -2.82. The zero-order valence-corrected chi connectivity index (χ0v) is 15.8. The Kier molecular flexibility index (Phi) is 6.24. The summed E-state index contributed by atoms with van der Waals surface area (Å²) in [6.45, 7) is 0. The van der Waals surface area contributed by atoms with E-state index in [4.69, 9.17) is 0 Å². The maximum Gasteiger partial charge on any atom is 0.331 e. The van der Waals surface area contributed by atoms with E-state index in [1.165, 1.54) is 7.11 Å². The number of hydrogen-bond donors (Lipinski definition) is 1. The van der Waals surface area contributed by atoms with Crippen molar-refractivity contribution in [3.05, 3.63) is 43.2 Å². The molecule has 1 aromatic rings. The van der Waals surface area contributed by atoms with Crippen LogP contribution in [0.5, 0.6) is 0 Å². The predicted octanol–water partition coefficient (Wildman–Crippen LogP) is 3.10. The molecule has 1 aromatic carbocycles. The van der Waals surface area contributed by atoms with E-state index in [1.54, 1.807) is 0 Å². The van der Waals surface area contributed by atoms with Crippen molar-refractivity contribution in [3.63, 3.8) is 0 Å². The van der Waals surface area contributed by atoms with Crippen LogP contribution in [-0.4, -0.2) is 30.4 Å². The largest absolute Gasteiger partial charge is 0.466 e. The molecule has 126 valence electrons. The topological polar surface area (TPSA) is 80.1 Å². The maximum absolute atomic E-state index is 13.9. The van der Waals surface area contributed by atoms with Gasteiger partial charge in [0.05, 0.1) is 22.7 Å². The van der Waals surface area contributed by atoms with Crippen molar-refractivity contribution in [3.8, 4) is 0 Å². The molecule has 0 saturated carbocycles. The number of carbonyl (C=O) groups excluding carboxylic acids is 2. The number of ether oxygens (including phenoxy) is 1. The smallest absolute Gasteiger partial charge is 0.331 e. The number of rotatable bonds is 3. The second-order valence-electron chi connectivity index (χ2n) is 4.12. The minimum atomic E-state index is -0.847. The quantitative estimate of drug-likeness (QED) is 0.179. The van der Waals surface area contributed by atoms with Crippen LogP contribution >= 0.6 is 43.6 Å². The first-order valence-corrected chi connectivity index (χ1v) is 8.46. The van der Waals surface area contributed by atoms with E-state index in [0.29, 0.717) is 0 Å². The molecule has 0 unspecified atom stereocenters. The van der Waals surface area contributed by atoms with Gasteiger partial charge >= 0.3 is 5.97 Å². The van der Waals surface area contributed by atoms with Crippen molar-refractivity contribution in [1.29, 1.82) is 0 Å². The van der Waals surface area contributed by atoms with E-state index in [2.05, 4.69) is 52.1 Å². The Hall–Kier alpha value is -1.59. The van der Waals surface area contributed by atoms with Crippen molar-refractivity contribution in [2.45, 2.75) is 0 Å². The van der Waals surface area contributed by atoms with Gasteiger partial charge in [0, 0.05) is 16.1 Å². The van der Waals surface area contributed by atoms with Crippen molar-refractivity contribution >= 4 is 66.9 Å². The number of benzene rings is 1. The Bertz CT molecular complexity index is 812. The first kappa shape index (κ1) is 18.7. The summed E-state index contributed by atoms with van der Waals surface area (Å²) in [5.41, 5.74) is -0.0210. The summed E-state index contributed by atoms with van der Waals surface area (Å²) in [5, 5.41) is 9.85. The number of carbonyl (C=O) groups is 2. The van der Waals surface area contributed by atoms with Gasteiger partial charge in [-0.2, -0.15) is 5.10 Å². The third kappa shape index (κ3) is 4.28. The fraction of sp³-hybridized carbons (Fsp3) is 0.0769. The molecule has 0 atom stereocenters. The first-order valence-electron chi connectivity index (χ1n) is 6.06. The number of nitrogens with zero attached hydrogens (tertiary/aromatic N) is 2. The summed E-state index contributed by atoms with van der Waals surface area (Å²) in [7, 11) is 1.18. The van der Waals surface area contributed by atoms with Crippen molar-refractivity contribution < 1.29 is 23.1 Å². The van der Waals surface area contributed by atoms with E-state index in [0.717, 1.165) is 30.1 Å². The number of esters is 1. The van der Waals surface area contributed by atoms with E-state index >= 15 is 0 Å². The minimum absolute atomic E-state index is 0.0210. The molecule has 1 amide bonds. The Morgan fingerprint density at radius 2 is 2.12 bits per heavy atom. The Morgan fingerprint density at radius 1 is 1.42 bits per heavy atom. The van der Waals surface area contributed by atoms with Crippen LogP contribution in [0.3, 0.4) is 0 Å². The van der Waals surface area contributed by atoms with E-state index < -0.39 is 23.5 Å². The number of amidine groups is 1. The van der Waals surface area contributed by atoms with Crippen LogP contribution in [0.25, 0.3) is 0 Å². The van der Waals surface area contributed by atoms with Crippen LogP contribution in [0.15, 0.2) is 36.2 Å². The number of methoxy groups -OCH3 is 1. The van der Waals surface area contributed by atoms with Crippen LogP contribution < -0.4 is 5.32 Å². The summed E-state index contributed by atoms with van der Waals surface area (Å²) in [6, 6.07) is 1.07. The number of halogens is 4. The third-order valence-electron chi connectivity index (χ3n) is 2.59. The van der Waals surface area contributed by atoms with Gasteiger partial charge in [-0.1, -0.05) is 0 Å². The van der Waals surface area contributed by atoms with Crippen LogP contribution in [-0.2, 0) is 14.3 Å². The van der Waals surface area contributed by atoms with Gasteiger partial charge in [0.1, 0.15) is 11.6 Å². The molecule has 1 aliphatic heterocycles. The highest BCUT2D eigenvalue weighted by Crippen LogP contribution is 2.28. The van der Waals surface area contributed by atoms with Gasteiger partial charge in [-0.25, -0.2) is 13.6 Å². The van der Waals surface area contributed by atoms with Gasteiger partial charge in [0.25, 0.3) is 5.91 Å². The second-order valence-corrected chi connectivity index (χ2v) is 6.80. The summed E-state index contributed by atoms with van der Waals surface area (Å²) >= 11 is 6.68. The molecule has 11 heteroatoms. The van der Waals surface area contributed by atoms with Crippen LogP contribution in [0, 0.1) is 11.6 Å². The number of nitrogens with one attached hydrogen (secondary N) is 1. The lowest BCUT2D eigenvalue weighted by Gasteiger charge is -2.03. The van der Waals surface area contributed by atoms with Gasteiger partial charge in [0.2, 0.25) is 0 Å².